The highest BCUT2D eigenvalue weighted by molar-refractivity contribution is 5.33. The predicted molar refractivity (Wildman–Crippen MR) is 70.9 cm³/mol. The van der Waals surface area contributed by atoms with Crippen LogP contribution in [0, 0.1) is 0 Å². The van der Waals surface area contributed by atoms with Crippen LogP contribution in [-0.4, -0.2) is 31.0 Å². The second-order valence-electron chi connectivity index (χ2n) is 4.88. The maximum absolute atomic E-state index is 10.1. The number of para-hydroxylation sites is 1. The highest BCUT2D eigenvalue weighted by atomic mass is 16.5. The van der Waals surface area contributed by atoms with Crippen LogP contribution in [0.15, 0.2) is 24.3 Å². The molecule has 2 rings (SSSR count). The second kappa shape index (κ2) is 6.76. The van der Waals surface area contributed by atoms with Crippen molar-refractivity contribution in [1.82, 2.24) is 0 Å². The summed E-state index contributed by atoms with van der Waals surface area (Å²) in [6.45, 7) is 0.882. The molecule has 0 radical (unpaired) electrons. The summed E-state index contributed by atoms with van der Waals surface area (Å²) in [5.74, 6) is 0.855. The smallest absolute Gasteiger partial charge is 0.122 e. The van der Waals surface area contributed by atoms with Gasteiger partial charge in [-0.3, -0.25) is 0 Å². The summed E-state index contributed by atoms with van der Waals surface area (Å²) in [5, 5.41) is 10.1. The molecule has 3 nitrogen and oxygen atoms in total. The molecule has 1 aliphatic heterocycles. The summed E-state index contributed by atoms with van der Waals surface area (Å²) in [7, 11) is 1.66. The maximum atomic E-state index is 10.1. The lowest BCUT2D eigenvalue weighted by Gasteiger charge is -2.15. The topological polar surface area (TPSA) is 38.7 Å². The highest BCUT2D eigenvalue weighted by Crippen LogP contribution is 2.22. The number of aliphatic hydroxyl groups is 1. The lowest BCUT2D eigenvalue weighted by molar-refractivity contribution is 0.0811. The van der Waals surface area contributed by atoms with Gasteiger partial charge in [-0.25, -0.2) is 0 Å². The van der Waals surface area contributed by atoms with E-state index in [9.17, 15) is 5.11 Å². The number of benzene rings is 1. The third-order valence-electron chi connectivity index (χ3n) is 3.49. The molecule has 3 heteroatoms. The van der Waals surface area contributed by atoms with Gasteiger partial charge in [0.1, 0.15) is 5.75 Å². The summed E-state index contributed by atoms with van der Waals surface area (Å²) in [6, 6.07) is 7.86. The van der Waals surface area contributed by atoms with Crippen molar-refractivity contribution in [2.45, 2.75) is 44.3 Å². The minimum atomic E-state index is -0.314. The fourth-order valence-electron chi connectivity index (χ4n) is 2.48. The number of hydrogen-bond donors (Lipinski definition) is 1. The minimum Gasteiger partial charge on any atom is -0.496 e. The summed E-state index contributed by atoms with van der Waals surface area (Å²) >= 11 is 0. The van der Waals surface area contributed by atoms with E-state index in [0.717, 1.165) is 43.6 Å². The van der Waals surface area contributed by atoms with Crippen LogP contribution in [0.4, 0.5) is 0 Å². The monoisotopic (exact) mass is 250 g/mol. The van der Waals surface area contributed by atoms with Crippen LogP contribution < -0.4 is 4.74 Å². The molecular weight excluding hydrogens is 228 g/mol. The van der Waals surface area contributed by atoms with Crippen LogP contribution in [0.1, 0.15) is 31.2 Å². The normalized spacial score (nSPS) is 20.9. The molecule has 1 aliphatic rings. The summed E-state index contributed by atoms with van der Waals surface area (Å²) < 4.78 is 10.9. The molecule has 2 atom stereocenters. The molecule has 18 heavy (non-hydrogen) atoms. The Labute approximate surface area is 109 Å². The number of hydrogen-bond acceptors (Lipinski definition) is 3. The summed E-state index contributed by atoms with van der Waals surface area (Å²) in [6.07, 6.45) is 4.74. The molecule has 0 aromatic heterocycles. The largest absolute Gasteiger partial charge is 0.496 e. The Morgan fingerprint density at radius 1 is 1.44 bits per heavy atom. The molecule has 0 saturated carbocycles. The van der Waals surface area contributed by atoms with Gasteiger partial charge in [-0.15, -0.1) is 0 Å². The van der Waals surface area contributed by atoms with Gasteiger partial charge in [0, 0.05) is 13.0 Å². The predicted octanol–water partition coefficient (Wildman–Crippen LogP) is 2.56. The van der Waals surface area contributed by atoms with Crippen LogP contribution in [-0.2, 0) is 11.2 Å². The van der Waals surface area contributed by atoms with Crippen molar-refractivity contribution < 1.29 is 14.6 Å². The first kappa shape index (κ1) is 13.4. The fourth-order valence-corrected chi connectivity index (χ4v) is 2.48. The fraction of sp³-hybridized carbons (Fsp3) is 0.600. The summed E-state index contributed by atoms with van der Waals surface area (Å²) in [4.78, 5) is 0. The van der Waals surface area contributed by atoms with E-state index in [1.165, 1.54) is 0 Å². The van der Waals surface area contributed by atoms with E-state index in [1.807, 2.05) is 24.3 Å². The standard InChI is InChI=1S/C15H22O3/c1-17-15-7-3-2-5-12(15)11-13(16)8-9-14-6-4-10-18-14/h2-3,5,7,13-14,16H,4,6,8-11H2,1H3. The average Bonchev–Trinajstić information content (AvgIpc) is 2.90. The van der Waals surface area contributed by atoms with Gasteiger partial charge in [0.15, 0.2) is 0 Å². The first-order valence-electron chi connectivity index (χ1n) is 6.71. The molecule has 1 heterocycles. The van der Waals surface area contributed by atoms with Crippen molar-refractivity contribution in [3.63, 3.8) is 0 Å². The molecule has 1 aromatic rings. The van der Waals surface area contributed by atoms with Crippen LogP contribution in [0.5, 0.6) is 5.75 Å². The van der Waals surface area contributed by atoms with E-state index >= 15 is 0 Å². The Kier molecular flexibility index (Phi) is 5.02. The Bertz CT molecular complexity index is 359. The van der Waals surface area contributed by atoms with E-state index < -0.39 is 0 Å². The second-order valence-corrected chi connectivity index (χ2v) is 4.88. The number of rotatable bonds is 6. The van der Waals surface area contributed by atoms with E-state index in [4.69, 9.17) is 9.47 Å². The molecule has 1 aromatic carbocycles. The van der Waals surface area contributed by atoms with Gasteiger partial charge in [0.25, 0.3) is 0 Å². The van der Waals surface area contributed by atoms with Crippen molar-refractivity contribution in [1.29, 1.82) is 0 Å². The Morgan fingerprint density at radius 3 is 3.00 bits per heavy atom. The van der Waals surface area contributed by atoms with Crippen LogP contribution in [0.3, 0.4) is 0 Å². The first-order valence-corrected chi connectivity index (χ1v) is 6.71. The molecule has 100 valence electrons. The molecule has 0 amide bonds. The molecule has 0 aliphatic carbocycles. The SMILES string of the molecule is COc1ccccc1CC(O)CCC1CCCO1. The van der Waals surface area contributed by atoms with Gasteiger partial charge in [0.2, 0.25) is 0 Å². The van der Waals surface area contributed by atoms with Crippen LogP contribution in [0.25, 0.3) is 0 Å². The zero-order chi connectivity index (χ0) is 12.8. The van der Waals surface area contributed by atoms with Crippen molar-refractivity contribution in [3.8, 4) is 5.75 Å². The molecular formula is C15H22O3. The van der Waals surface area contributed by atoms with E-state index in [2.05, 4.69) is 0 Å². The number of methoxy groups -OCH3 is 1. The molecule has 1 saturated heterocycles. The van der Waals surface area contributed by atoms with Gasteiger partial charge < -0.3 is 14.6 Å². The van der Waals surface area contributed by atoms with Gasteiger partial charge >= 0.3 is 0 Å². The average molecular weight is 250 g/mol. The van der Waals surface area contributed by atoms with E-state index in [1.54, 1.807) is 7.11 Å². The quantitative estimate of drug-likeness (QED) is 0.843. The van der Waals surface area contributed by atoms with Gasteiger partial charge in [-0.2, -0.15) is 0 Å². The first-order chi connectivity index (χ1) is 8.79. The van der Waals surface area contributed by atoms with Crippen molar-refractivity contribution in [2.75, 3.05) is 13.7 Å². The van der Waals surface area contributed by atoms with Gasteiger partial charge in [-0.05, 0) is 37.3 Å². The molecule has 0 bridgehead atoms. The number of aliphatic hydroxyl groups excluding tert-OH is 1. The molecule has 1 fully saturated rings. The van der Waals surface area contributed by atoms with Crippen molar-refractivity contribution in [3.05, 3.63) is 29.8 Å². The van der Waals surface area contributed by atoms with Gasteiger partial charge in [0.05, 0.1) is 19.3 Å². The Balaban J connectivity index is 1.80. The molecule has 0 spiro atoms. The van der Waals surface area contributed by atoms with E-state index in [0.29, 0.717) is 12.5 Å². The van der Waals surface area contributed by atoms with Gasteiger partial charge in [-0.1, -0.05) is 18.2 Å². The highest BCUT2D eigenvalue weighted by Gasteiger charge is 2.17. The zero-order valence-electron chi connectivity index (χ0n) is 11.0. The maximum Gasteiger partial charge on any atom is 0.122 e. The minimum absolute atomic E-state index is 0.314. The molecule has 1 N–H and O–H groups in total. The number of ether oxygens (including phenoxy) is 2. The lowest BCUT2D eigenvalue weighted by Crippen LogP contribution is -2.15. The van der Waals surface area contributed by atoms with E-state index in [-0.39, 0.29) is 6.10 Å². The Morgan fingerprint density at radius 2 is 2.28 bits per heavy atom. The van der Waals surface area contributed by atoms with Crippen molar-refractivity contribution in [2.24, 2.45) is 0 Å². The third kappa shape index (κ3) is 3.72. The third-order valence-corrected chi connectivity index (χ3v) is 3.49. The van der Waals surface area contributed by atoms with Crippen LogP contribution in [0.2, 0.25) is 0 Å². The zero-order valence-corrected chi connectivity index (χ0v) is 11.0. The lowest BCUT2D eigenvalue weighted by atomic mass is 10.0. The Hall–Kier alpha value is -1.06. The van der Waals surface area contributed by atoms with Crippen LogP contribution >= 0.6 is 0 Å². The molecule has 2 unspecified atom stereocenters. The summed E-state index contributed by atoms with van der Waals surface area (Å²) in [5.41, 5.74) is 1.07. The van der Waals surface area contributed by atoms with Crippen molar-refractivity contribution >= 4 is 0 Å².